The standard InChI is InChI=1S/C6H18N4.Na.H/c7-1-3-9-5-6-10-4-2-8;;/h9-10H,1-8H2;;. The Hall–Kier alpha value is 0.840. The number of rotatable bonds is 7. The molecule has 0 radical (unpaired) electrons. The normalized spacial score (nSPS) is 9.27. The quantitative estimate of drug-likeness (QED) is 0.250. The van der Waals surface area contributed by atoms with Crippen LogP contribution >= 0.6 is 0 Å². The zero-order valence-electron chi connectivity index (χ0n) is 6.40. The van der Waals surface area contributed by atoms with E-state index in [4.69, 9.17) is 11.5 Å². The summed E-state index contributed by atoms with van der Waals surface area (Å²) in [5.74, 6) is 0. The first kappa shape index (κ1) is 14.4. The maximum atomic E-state index is 5.27. The topological polar surface area (TPSA) is 76.1 Å². The second-order valence-electron chi connectivity index (χ2n) is 2.08. The molecular formula is C6H19N4Na. The Balaban J connectivity index is 0. The molecule has 5 heteroatoms. The summed E-state index contributed by atoms with van der Waals surface area (Å²) in [6.45, 7) is 5.14. The Morgan fingerprint density at radius 1 is 0.727 bits per heavy atom. The van der Waals surface area contributed by atoms with Crippen molar-refractivity contribution in [3.63, 3.8) is 0 Å². The van der Waals surface area contributed by atoms with Gasteiger partial charge in [-0.15, -0.1) is 0 Å². The Bertz CT molecular complexity index is 54.5. The molecule has 0 aliphatic heterocycles. The molecule has 6 N–H and O–H groups in total. The first-order valence-corrected chi connectivity index (χ1v) is 3.73. The molecule has 0 amide bonds. The van der Waals surface area contributed by atoms with Crippen molar-refractivity contribution in [3.8, 4) is 0 Å². The third kappa shape index (κ3) is 13.8. The fourth-order valence-corrected chi connectivity index (χ4v) is 0.631. The predicted octanol–water partition coefficient (Wildman–Crippen LogP) is -2.57. The van der Waals surface area contributed by atoms with E-state index in [0.717, 1.165) is 26.2 Å². The zero-order valence-corrected chi connectivity index (χ0v) is 6.40. The van der Waals surface area contributed by atoms with Crippen LogP contribution in [0.25, 0.3) is 0 Å². The van der Waals surface area contributed by atoms with Gasteiger partial charge < -0.3 is 22.1 Å². The van der Waals surface area contributed by atoms with E-state index < -0.39 is 0 Å². The molecule has 4 nitrogen and oxygen atoms in total. The van der Waals surface area contributed by atoms with Crippen LogP contribution in [0.3, 0.4) is 0 Å². The van der Waals surface area contributed by atoms with Gasteiger partial charge in [0.2, 0.25) is 0 Å². The van der Waals surface area contributed by atoms with Crippen LogP contribution in [0.15, 0.2) is 0 Å². The predicted molar refractivity (Wildman–Crippen MR) is 51.0 cm³/mol. The van der Waals surface area contributed by atoms with Crippen LogP contribution < -0.4 is 22.1 Å². The van der Waals surface area contributed by atoms with Crippen molar-refractivity contribution in [1.29, 1.82) is 0 Å². The Morgan fingerprint density at radius 2 is 1.09 bits per heavy atom. The van der Waals surface area contributed by atoms with Gasteiger partial charge in [0.05, 0.1) is 0 Å². The van der Waals surface area contributed by atoms with Gasteiger partial charge in [-0.25, -0.2) is 0 Å². The molecular weight excluding hydrogens is 151 g/mol. The van der Waals surface area contributed by atoms with Gasteiger partial charge in [0, 0.05) is 39.3 Å². The van der Waals surface area contributed by atoms with Gasteiger partial charge in [-0.1, -0.05) is 0 Å². The van der Waals surface area contributed by atoms with Crippen LogP contribution in [0.2, 0.25) is 0 Å². The van der Waals surface area contributed by atoms with Crippen molar-refractivity contribution >= 4 is 29.6 Å². The fourth-order valence-electron chi connectivity index (χ4n) is 0.631. The fraction of sp³-hybridized carbons (Fsp3) is 1.00. The van der Waals surface area contributed by atoms with Crippen LogP contribution in [0, 0.1) is 0 Å². The van der Waals surface area contributed by atoms with Gasteiger partial charge in [0.1, 0.15) is 0 Å². The van der Waals surface area contributed by atoms with Crippen molar-refractivity contribution in [3.05, 3.63) is 0 Å². The minimum atomic E-state index is 0. The van der Waals surface area contributed by atoms with Crippen molar-refractivity contribution in [2.45, 2.75) is 0 Å². The summed E-state index contributed by atoms with van der Waals surface area (Å²) < 4.78 is 0. The summed E-state index contributed by atoms with van der Waals surface area (Å²) in [6.07, 6.45) is 0. The van der Waals surface area contributed by atoms with Gasteiger partial charge in [0.25, 0.3) is 0 Å². The van der Waals surface area contributed by atoms with E-state index in [9.17, 15) is 0 Å². The van der Waals surface area contributed by atoms with E-state index in [-0.39, 0.29) is 29.6 Å². The molecule has 0 aliphatic carbocycles. The van der Waals surface area contributed by atoms with Crippen molar-refractivity contribution in [1.82, 2.24) is 10.6 Å². The minimum absolute atomic E-state index is 0. The molecule has 0 atom stereocenters. The summed E-state index contributed by atoms with van der Waals surface area (Å²) in [6, 6.07) is 0. The molecule has 64 valence electrons. The molecule has 0 bridgehead atoms. The molecule has 0 saturated heterocycles. The van der Waals surface area contributed by atoms with Crippen molar-refractivity contribution in [2.24, 2.45) is 11.5 Å². The van der Waals surface area contributed by atoms with E-state index in [1.807, 2.05) is 0 Å². The molecule has 0 aromatic rings. The first-order valence-electron chi connectivity index (χ1n) is 3.73. The van der Waals surface area contributed by atoms with Crippen LogP contribution in [-0.2, 0) is 0 Å². The second kappa shape index (κ2) is 13.4. The van der Waals surface area contributed by atoms with Gasteiger partial charge >= 0.3 is 29.6 Å². The van der Waals surface area contributed by atoms with Gasteiger partial charge in [0.15, 0.2) is 0 Å². The van der Waals surface area contributed by atoms with Crippen LogP contribution in [0.1, 0.15) is 0 Å². The monoisotopic (exact) mass is 170 g/mol. The molecule has 0 heterocycles. The number of hydrogen-bond donors (Lipinski definition) is 4. The molecule has 0 spiro atoms. The van der Waals surface area contributed by atoms with Gasteiger partial charge in [-0.3, -0.25) is 0 Å². The van der Waals surface area contributed by atoms with Crippen molar-refractivity contribution in [2.75, 3.05) is 39.3 Å². The second-order valence-corrected chi connectivity index (χ2v) is 2.08. The summed E-state index contributed by atoms with van der Waals surface area (Å²) in [5.41, 5.74) is 10.5. The molecule has 0 unspecified atom stereocenters. The third-order valence-corrected chi connectivity index (χ3v) is 1.12. The zero-order chi connectivity index (χ0) is 7.66. The molecule has 0 fully saturated rings. The van der Waals surface area contributed by atoms with E-state index in [0.29, 0.717) is 13.1 Å². The van der Waals surface area contributed by atoms with Crippen molar-refractivity contribution < 1.29 is 0 Å². The van der Waals surface area contributed by atoms with E-state index in [1.165, 1.54) is 0 Å². The molecule has 0 rings (SSSR count). The average Bonchev–Trinajstić information content (AvgIpc) is 1.97. The maximum absolute atomic E-state index is 5.27. The average molecular weight is 170 g/mol. The van der Waals surface area contributed by atoms with E-state index in [2.05, 4.69) is 10.6 Å². The van der Waals surface area contributed by atoms with E-state index >= 15 is 0 Å². The van der Waals surface area contributed by atoms with Gasteiger partial charge in [-0.05, 0) is 0 Å². The Labute approximate surface area is 90.8 Å². The number of nitrogens with two attached hydrogens (primary N) is 2. The summed E-state index contributed by atoms with van der Waals surface area (Å²) in [4.78, 5) is 0. The van der Waals surface area contributed by atoms with Crippen LogP contribution in [-0.4, -0.2) is 68.8 Å². The number of hydrogen-bond acceptors (Lipinski definition) is 4. The number of nitrogens with one attached hydrogen (secondary N) is 2. The molecule has 0 aromatic heterocycles. The SMILES string of the molecule is NCCNCCNCCN.[NaH]. The first-order chi connectivity index (χ1) is 4.91. The third-order valence-electron chi connectivity index (χ3n) is 1.12. The summed E-state index contributed by atoms with van der Waals surface area (Å²) >= 11 is 0. The van der Waals surface area contributed by atoms with E-state index in [1.54, 1.807) is 0 Å². The summed E-state index contributed by atoms with van der Waals surface area (Å²) in [7, 11) is 0. The van der Waals surface area contributed by atoms with Crippen LogP contribution in [0.4, 0.5) is 0 Å². The summed E-state index contributed by atoms with van der Waals surface area (Å²) in [5, 5.41) is 6.33. The Kier molecular flexibility index (Phi) is 17.5. The molecule has 0 aromatic carbocycles. The Morgan fingerprint density at radius 3 is 1.36 bits per heavy atom. The molecule has 0 aliphatic rings. The molecule has 0 saturated carbocycles. The van der Waals surface area contributed by atoms with Gasteiger partial charge in [-0.2, -0.15) is 0 Å². The molecule has 11 heavy (non-hydrogen) atoms. The van der Waals surface area contributed by atoms with Crippen LogP contribution in [0.5, 0.6) is 0 Å².